The number of anilines is 1. The third-order valence-corrected chi connectivity index (χ3v) is 7.71. The van der Waals surface area contributed by atoms with E-state index in [1.807, 2.05) is 12.1 Å². The van der Waals surface area contributed by atoms with E-state index in [4.69, 9.17) is 4.74 Å². The summed E-state index contributed by atoms with van der Waals surface area (Å²) in [5.74, 6) is -0.233. The van der Waals surface area contributed by atoms with Gasteiger partial charge >= 0.3 is 0 Å². The molecule has 0 spiro atoms. The van der Waals surface area contributed by atoms with Crippen molar-refractivity contribution < 1.29 is 17.9 Å². The number of nitrogens with zero attached hydrogens (tertiary/aromatic N) is 3. The normalized spacial score (nSPS) is 17.3. The van der Waals surface area contributed by atoms with Crippen LogP contribution in [0.25, 0.3) is 0 Å². The van der Waals surface area contributed by atoms with Gasteiger partial charge in [0.2, 0.25) is 15.9 Å². The number of sulfonamides is 1. The van der Waals surface area contributed by atoms with E-state index in [0.717, 1.165) is 24.9 Å². The molecule has 1 aliphatic heterocycles. The molecule has 2 aliphatic rings. The monoisotopic (exact) mass is 418 g/mol. The van der Waals surface area contributed by atoms with Crippen molar-refractivity contribution in [3.05, 3.63) is 40.7 Å². The summed E-state index contributed by atoms with van der Waals surface area (Å²) in [5, 5.41) is 7.23. The molecule has 8 nitrogen and oxygen atoms in total. The first-order valence-electron chi connectivity index (χ1n) is 9.90. The molecule has 1 amide bonds. The quantitative estimate of drug-likeness (QED) is 0.797. The maximum atomic E-state index is 13.0. The van der Waals surface area contributed by atoms with Gasteiger partial charge in [0.1, 0.15) is 11.4 Å². The standard InChI is InChI=1S/C20H26N4O4S/c1-14-20(29(26,27)23-8-10-28-11-9-23)15(2)24(22-14)13-19(25)21-18-7-6-16-4-3-5-17(16)12-18/h6-7,12H,3-5,8-11,13H2,1-2H3,(H,21,25). The van der Waals surface area contributed by atoms with Crippen molar-refractivity contribution in [2.75, 3.05) is 31.6 Å². The molecule has 1 N–H and O–H groups in total. The number of carbonyl (C=O) groups excluding carboxylic acids is 1. The van der Waals surface area contributed by atoms with Crippen LogP contribution in [0.2, 0.25) is 0 Å². The largest absolute Gasteiger partial charge is 0.379 e. The van der Waals surface area contributed by atoms with E-state index in [1.165, 1.54) is 20.1 Å². The van der Waals surface area contributed by atoms with Gasteiger partial charge in [-0.3, -0.25) is 9.48 Å². The first kappa shape index (κ1) is 20.1. The molecule has 0 radical (unpaired) electrons. The Labute approximate surface area is 170 Å². The Hall–Kier alpha value is -2.23. The number of hydrogen-bond donors (Lipinski definition) is 1. The summed E-state index contributed by atoms with van der Waals surface area (Å²) in [7, 11) is -3.67. The fourth-order valence-corrected chi connectivity index (χ4v) is 5.89. The molecule has 0 atom stereocenters. The zero-order chi connectivity index (χ0) is 20.6. The summed E-state index contributed by atoms with van der Waals surface area (Å²) in [4.78, 5) is 12.7. The summed E-state index contributed by atoms with van der Waals surface area (Å²) in [6, 6.07) is 6.00. The number of amides is 1. The average Bonchev–Trinajstić information content (AvgIpc) is 3.26. The van der Waals surface area contributed by atoms with Crippen LogP contribution >= 0.6 is 0 Å². The molecular formula is C20H26N4O4S. The van der Waals surface area contributed by atoms with Crippen LogP contribution in [0.4, 0.5) is 5.69 Å². The van der Waals surface area contributed by atoms with Crippen molar-refractivity contribution >= 4 is 21.6 Å². The number of carbonyl (C=O) groups is 1. The lowest BCUT2D eigenvalue weighted by molar-refractivity contribution is -0.116. The number of aryl methyl sites for hydroxylation is 3. The summed E-state index contributed by atoms with van der Waals surface area (Å²) in [6.45, 7) is 4.73. The maximum Gasteiger partial charge on any atom is 0.246 e. The molecule has 2 aromatic rings. The van der Waals surface area contributed by atoms with Crippen LogP contribution in [0.5, 0.6) is 0 Å². The average molecular weight is 419 g/mol. The lowest BCUT2D eigenvalue weighted by atomic mass is 10.1. The van der Waals surface area contributed by atoms with E-state index in [-0.39, 0.29) is 17.3 Å². The highest BCUT2D eigenvalue weighted by molar-refractivity contribution is 7.89. The molecule has 1 aromatic carbocycles. The molecule has 1 fully saturated rings. The molecule has 1 aromatic heterocycles. The summed E-state index contributed by atoms with van der Waals surface area (Å²) >= 11 is 0. The Bertz CT molecular complexity index is 1040. The van der Waals surface area contributed by atoms with Gasteiger partial charge in [-0.1, -0.05) is 6.07 Å². The van der Waals surface area contributed by atoms with Gasteiger partial charge in [-0.2, -0.15) is 9.40 Å². The van der Waals surface area contributed by atoms with Crippen LogP contribution < -0.4 is 5.32 Å². The second-order valence-corrected chi connectivity index (χ2v) is 9.43. The minimum Gasteiger partial charge on any atom is -0.379 e. The topological polar surface area (TPSA) is 93.5 Å². The van der Waals surface area contributed by atoms with E-state index < -0.39 is 10.0 Å². The fraction of sp³-hybridized carbons (Fsp3) is 0.500. The maximum absolute atomic E-state index is 13.0. The molecule has 0 unspecified atom stereocenters. The van der Waals surface area contributed by atoms with Gasteiger partial charge in [0, 0.05) is 18.8 Å². The molecule has 29 heavy (non-hydrogen) atoms. The first-order valence-corrected chi connectivity index (χ1v) is 11.3. The summed E-state index contributed by atoms with van der Waals surface area (Å²) in [6.07, 6.45) is 3.29. The number of ether oxygens (including phenoxy) is 1. The summed E-state index contributed by atoms with van der Waals surface area (Å²) < 4.78 is 34.2. The molecule has 9 heteroatoms. The van der Waals surface area contributed by atoms with E-state index in [9.17, 15) is 13.2 Å². The highest BCUT2D eigenvalue weighted by atomic mass is 32.2. The van der Waals surface area contributed by atoms with Gasteiger partial charge in [-0.05, 0) is 56.4 Å². The van der Waals surface area contributed by atoms with Crippen LogP contribution in [-0.2, 0) is 38.9 Å². The van der Waals surface area contributed by atoms with Crippen molar-refractivity contribution in [3.63, 3.8) is 0 Å². The molecule has 156 valence electrons. The molecular weight excluding hydrogens is 392 g/mol. The van der Waals surface area contributed by atoms with Gasteiger partial charge in [-0.25, -0.2) is 8.42 Å². The minimum atomic E-state index is -3.67. The van der Waals surface area contributed by atoms with E-state index in [2.05, 4.69) is 16.5 Å². The number of benzene rings is 1. The SMILES string of the molecule is Cc1nn(CC(=O)Nc2ccc3c(c2)CCC3)c(C)c1S(=O)(=O)N1CCOCC1. The van der Waals surface area contributed by atoms with Crippen LogP contribution in [0, 0.1) is 13.8 Å². The fourth-order valence-electron chi connectivity index (χ4n) is 4.11. The smallest absolute Gasteiger partial charge is 0.246 e. The Morgan fingerprint density at radius 2 is 1.90 bits per heavy atom. The van der Waals surface area contributed by atoms with Crippen LogP contribution in [0.15, 0.2) is 23.1 Å². The van der Waals surface area contributed by atoms with Crippen LogP contribution in [0.3, 0.4) is 0 Å². The van der Waals surface area contributed by atoms with E-state index >= 15 is 0 Å². The summed E-state index contributed by atoms with van der Waals surface area (Å²) in [5.41, 5.74) is 4.27. The number of aromatic nitrogens is 2. The second kappa shape index (κ2) is 7.89. The van der Waals surface area contributed by atoms with Crippen molar-refractivity contribution in [3.8, 4) is 0 Å². The van der Waals surface area contributed by atoms with Crippen molar-refractivity contribution in [1.82, 2.24) is 14.1 Å². The Morgan fingerprint density at radius 3 is 2.66 bits per heavy atom. The first-order chi connectivity index (χ1) is 13.9. The van der Waals surface area contributed by atoms with Crippen LogP contribution in [0.1, 0.15) is 28.9 Å². The number of nitrogens with one attached hydrogen (secondary N) is 1. The zero-order valence-corrected chi connectivity index (χ0v) is 17.6. The third kappa shape index (κ3) is 3.94. The molecule has 1 saturated heterocycles. The van der Waals surface area contributed by atoms with Gasteiger partial charge in [-0.15, -0.1) is 0 Å². The number of rotatable bonds is 5. The highest BCUT2D eigenvalue weighted by Gasteiger charge is 2.32. The predicted molar refractivity (Wildman–Crippen MR) is 108 cm³/mol. The van der Waals surface area contributed by atoms with Crippen molar-refractivity contribution in [2.24, 2.45) is 0 Å². The number of hydrogen-bond acceptors (Lipinski definition) is 5. The van der Waals surface area contributed by atoms with Gasteiger partial charge < -0.3 is 10.1 Å². The number of morpholine rings is 1. The van der Waals surface area contributed by atoms with Gasteiger partial charge in [0.25, 0.3) is 0 Å². The van der Waals surface area contributed by atoms with Crippen LogP contribution in [-0.4, -0.2) is 54.7 Å². The van der Waals surface area contributed by atoms with Crippen molar-refractivity contribution in [1.29, 1.82) is 0 Å². The Kier molecular flexibility index (Phi) is 5.46. The Balaban J connectivity index is 1.51. The number of fused-ring (bicyclic) bond motifs is 1. The lowest BCUT2D eigenvalue weighted by Crippen LogP contribution is -2.41. The molecule has 1 aliphatic carbocycles. The lowest BCUT2D eigenvalue weighted by Gasteiger charge is -2.26. The molecule has 4 rings (SSSR count). The highest BCUT2D eigenvalue weighted by Crippen LogP contribution is 2.26. The van der Waals surface area contributed by atoms with Gasteiger partial charge in [0.05, 0.1) is 24.6 Å². The second-order valence-electron chi connectivity index (χ2n) is 7.56. The zero-order valence-electron chi connectivity index (χ0n) is 16.8. The van der Waals surface area contributed by atoms with E-state index in [1.54, 1.807) is 13.8 Å². The Morgan fingerprint density at radius 1 is 1.17 bits per heavy atom. The molecule has 0 bridgehead atoms. The minimum absolute atomic E-state index is 0.0393. The van der Waals surface area contributed by atoms with E-state index in [0.29, 0.717) is 37.7 Å². The van der Waals surface area contributed by atoms with Crippen molar-refractivity contribution in [2.45, 2.75) is 44.6 Å². The predicted octanol–water partition coefficient (Wildman–Crippen LogP) is 1.65. The third-order valence-electron chi connectivity index (χ3n) is 5.56. The molecule has 2 heterocycles. The molecule has 0 saturated carbocycles. The van der Waals surface area contributed by atoms with Gasteiger partial charge in [0.15, 0.2) is 0 Å².